The SMILES string of the molecule is Br.COC(=O)c1ccc2nc(-c3ccc(Br)cc3)cn2c1. The average molecular weight is 412 g/mol. The van der Waals surface area contributed by atoms with E-state index >= 15 is 0 Å². The Morgan fingerprint density at radius 3 is 2.52 bits per heavy atom. The molecule has 0 atom stereocenters. The van der Waals surface area contributed by atoms with Crippen LogP contribution >= 0.6 is 32.9 Å². The molecule has 3 aromatic rings. The largest absolute Gasteiger partial charge is 0.465 e. The second kappa shape index (κ2) is 6.41. The number of carbonyl (C=O) groups excluding carboxylic acids is 1. The number of ether oxygens (including phenoxy) is 1. The minimum Gasteiger partial charge on any atom is -0.465 e. The number of hydrogen-bond acceptors (Lipinski definition) is 3. The second-order valence-corrected chi connectivity index (χ2v) is 5.22. The summed E-state index contributed by atoms with van der Waals surface area (Å²) in [6.45, 7) is 0. The van der Waals surface area contributed by atoms with E-state index in [1.807, 2.05) is 34.9 Å². The number of imidazole rings is 1. The molecule has 0 unspecified atom stereocenters. The molecule has 0 spiro atoms. The maximum Gasteiger partial charge on any atom is 0.339 e. The monoisotopic (exact) mass is 410 g/mol. The van der Waals surface area contributed by atoms with E-state index in [2.05, 4.69) is 20.9 Å². The second-order valence-electron chi connectivity index (χ2n) is 4.31. The van der Waals surface area contributed by atoms with E-state index in [4.69, 9.17) is 4.74 Å². The standard InChI is InChI=1S/C15H11BrN2O2.BrH/c1-20-15(19)11-4-7-14-17-13(9-18(14)8-11)10-2-5-12(16)6-3-10;/h2-9H,1H3;1H. The van der Waals surface area contributed by atoms with Crippen LogP contribution in [-0.2, 0) is 4.74 Å². The van der Waals surface area contributed by atoms with Crippen LogP contribution in [0.5, 0.6) is 0 Å². The zero-order valence-corrected chi connectivity index (χ0v) is 14.4. The van der Waals surface area contributed by atoms with Gasteiger partial charge in [0.1, 0.15) is 5.65 Å². The van der Waals surface area contributed by atoms with Crippen molar-refractivity contribution in [2.24, 2.45) is 0 Å². The molecule has 108 valence electrons. The van der Waals surface area contributed by atoms with Crippen molar-refractivity contribution in [1.82, 2.24) is 9.38 Å². The van der Waals surface area contributed by atoms with Gasteiger partial charge >= 0.3 is 5.97 Å². The summed E-state index contributed by atoms with van der Waals surface area (Å²) in [5.41, 5.74) is 3.17. The molecule has 0 amide bonds. The van der Waals surface area contributed by atoms with Crippen LogP contribution in [0.25, 0.3) is 16.9 Å². The molecule has 0 N–H and O–H groups in total. The number of nitrogens with zero attached hydrogens (tertiary/aromatic N) is 2. The van der Waals surface area contributed by atoms with E-state index in [-0.39, 0.29) is 23.0 Å². The maximum absolute atomic E-state index is 11.5. The number of hydrogen-bond donors (Lipinski definition) is 0. The lowest BCUT2D eigenvalue weighted by molar-refractivity contribution is 0.0600. The van der Waals surface area contributed by atoms with Gasteiger partial charge in [0.05, 0.1) is 18.4 Å². The first kappa shape index (κ1) is 15.7. The fraction of sp³-hybridized carbons (Fsp3) is 0.0667. The third-order valence-electron chi connectivity index (χ3n) is 3.01. The first-order chi connectivity index (χ1) is 9.67. The third-order valence-corrected chi connectivity index (χ3v) is 3.54. The Bertz CT molecular complexity index is 782. The Kier molecular flexibility index (Phi) is 4.80. The third kappa shape index (κ3) is 3.16. The van der Waals surface area contributed by atoms with Crippen molar-refractivity contribution in [3.63, 3.8) is 0 Å². The molecule has 0 aliphatic carbocycles. The van der Waals surface area contributed by atoms with Crippen molar-refractivity contribution in [3.8, 4) is 11.3 Å². The molecule has 0 saturated heterocycles. The van der Waals surface area contributed by atoms with Crippen molar-refractivity contribution in [1.29, 1.82) is 0 Å². The molecule has 6 heteroatoms. The first-order valence-electron chi connectivity index (χ1n) is 6.00. The lowest BCUT2D eigenvalue weighted by atomic mass is 10.2. The molecule has 1 aromatic carbocycles. The number of aromatic nitrogens is 2. The molecular weight excluding hydrogens is 400 g/mol. The van der Waals surface area contributed by atoms with Crippen LogP contribution in [0.4, 0.5) is 0 Å². The molecular formula is C15H12Br2N2O2. The van der Waals surface area contributed by atoms with Crippen LogP contribution in [0, 0.1) is 0 Å². The first-order valence-corrected chi connectivity index (χ1v) is 6.80. The van der Waals surface area contributed by atoms with Gasteiger partial charge in [0.15, 0.2) is 0 Å². The number of carbonyl (C=O) groups is 1. The highest BCUT2D eigenvalue weighted by Crippen LogP contribution is 2.21. The summed E-state index contributed by atoms with van der Waals surface area (Å²) in [6.07, 6.45) is 3.61. The Morgan fingerprint density at radius 1 is 1.14 bits per heavy atom. The van der Waals surface area contributed by atoms with Gasteiger partial charge in [-0.1, -0.05) is 28.1 Å². The number of rotatable bonds is 2. The van der Waals surface area contributed by atoms with Crippen molar-refractivity contribution < 1.29 is 9.53 Å². The molecule has 4 nitrogen and oxygen atoms in total. The van der Waals surface area contributed by atoms with Crippen LogP contribution < -0.4 is 0 Å². The summed E-state index contributed by atoms with van der Waals surface area (Å²) in [5.74, 6) is -0.356. The highest BCUT2D eigenvalue weighted by Gasteiger charge is 2.09. The fourth-order valence-electron chi connectivity index (χ4n) is 1.99. The molecule has 21 heavy (non-hydrogen) atoms. The fourth-order valence-corrected chi connectivity index (χ4v) is 2.25. The van der Waals surface area contributed by atoms with Crippen LogP contribution in [-0.4, -0.2) is 22.5 Å². The van der Waals surface area contributed by atoms with Crippen molar-refractivity contribution in [3.05, 3.63) is 58.8 Å². The number of pyridine rings is 1. The Morgan fingerprint density at radius 2 is 1.86 bits per heavy atom. The topological polar surface area (TPSA) is 43.6 Å². The highest BCUT2D eigenvalue weighted by molar-refractivity contribution is 9.10. The maximum atomic E-state index is 11.5. The van der Waals surface area contributed by atoms with E-state index < -0.39 is 0 Å². The quantitative estimate of drug-likeness (QED) is 0.595. The van der Waals surface area contributed by atoms with E-state index in [0.717, 1.165) is 21.4 Å². The molecule has 2 aromatic heterocycles. The minimum absolute atomic E-state index is 0. The lowest BCUT2D eigenvalue weighted by Crippen LogP contribution is -2.02. The van der Waals surface area contributed by atoms with Crippen molar-refractivity contribution in [2.45, 2.75) is 0 Å². The summed E-state index contributed by atoms with van der Waals surface area (Å²) in [5, 5.41) is 0. The Balaban J connectivity index is 0.00000161. The van der Waals surface area contributed by atoms with Gasteiger partial charge in [-0.25, -0.2) is 9.78 Å². The lowest BCUT2D eigenvalue weighted by Gasteiger charge is -1.99. The number of halogens is 2. The highest BCUT2D eigenvalue weighted by atomic mass is 79.9. The predicted octanol–water partition coefficient (Wildman–Crippen LogP) is 4.13. The van der Waals surface area contributed by atoms with E-state index in [0.29, 0.717) is 5.56 Å². The van der Waals surface area contributed by atoms with Crippen molar-refractivity contribution in [2.75, 3.05) is 7.11 Å². The van der Waals surface area contributed by atoms with E-state index in [9.17, 15) is 4.79 Å². The number of fused-ring (bicyclic) bond motifs is 1. The molecule has 0 radical (unpaired) electrons. The van der Waals surface area contributed by atoms with Crippen LogP contribution in [0.3, 0.4) is 0 Å². The molecule has 3 rings (SSSR count). The van der Waals surface area contributed by atoms with E-state index in [1.165, 1.54) is 7.11 Å². The molecule has 0 saturated carbocycles. The van der Waals surface area contributed by atoms with Crippen LogP contribution in [0.2, 0.25) is 0 Å². The number of benzene rings is 1. The molecule has 0 aliphatic rings. The molecule has 2 heterocycles. The van der Waals surface area contributed by atoms with Gasteiger partial charge in [0, 0.05) is 22.4 Å². The number of esters is 1. The smallest absolute Gasteiger partial charge is 0.339 e. The minimum atomic E-state index is -0.356. The Hall–Kier alpha value is -1.66. The molecule has 0 aliphatic heterocycles. The summed E-state index contributed by atoms with van der Waals surface area (Å²) in [4.78, 5) is 16.0. The van der Waals surface area contributed by atoms with Crippen LogP contribution in [0.1, 0.15) is 10.4 Å². The van der Waals surface area contributed by atoms with Crippen molar-refractivity contribution >= 4 is 44.5 Å². The van der Waals surface area contributed by atoms with Gasteiger partial charge < -0.3 is 9.14 Å². The average Bonchev–Trinajstić information content (AvgIpc) is 2.90. The van der Waals surface area contributed by atoms with E-state index in [1.54, 1.807) is 18.3 Å². The normalized spacial score (nSPS) is 10.2. The Labute approximate surface area is 140 Å². The summed E-state index contributed by atoms with van der Waals surface area (Å²) < 4.78 is 7.56. The van der Waals surface area contributed by atoms with Gasteiger partial charge in [-0.2, -0.15) is 0 Å². The summed E-state index contributed by atoms with van der Waals surface area (Å²) >= 11 is 3.41. The number of methoxy groups -OCH3 is 1. The summed E-state index contributed by atoms with van der Waals surface area (Å²) in [6, 6.07) is 11.4. The van der Waals surface area contributed by atoms with Gasteiger partial charge in [-0.05, 0) is 24.3 Å². The van der Waals surface area contributed by atoms with Gasteiger partial charge in [-0.3, -0.25) is 0 Å². The van der Waals surface area contributed by atoms with Gasteiger partial charge in [0.25, 0.3) is 0 Å². The zero-order chi connectivity index (χ0) is 14.1. The molecule has 0 fully saturated rings. The van der Waals surface area contributed by atoms with Crippen LogP contribution in [0.15, 0.2) is 53.3 Å². The predicted molar refractivity (Wildman–Crippen MR) is 90.0 cm³/mol. The summed E-state index contributed by atoms with van der Waals surface area (Å²) in [7, 11) is 1.37. The molecule has 0 bridgehead atoms. The van der Waals surface area contributed by atoms with Gasteiger partial charge in [0.2, 0.25) is 0 Å². The van der Waals surface area contributed by atoms with Gasteiger partial charge in [-0.15, -0.1) is 17.0 Å². The zero-order valence-electron chi connectivity index (χ0n) is 11.1.